The molecule has 0 unspecified atom stereocenters. The van der Waals surface area contributed by atoms with E-state index in [0.29, 0.717) is 0 Å². The van der Waals surface area contributed by atoms with Crippen molar-refractivity contribution < 1.29 is 23.1 Å². The summed E-state index contributed by atoms with van der Waals surface area (Å²) in [6.45, 7) is 0. The van der Waals surface area contributed by atoms with Crippen molar-refractivity contribution in [1.29, 1.82) is 0 Å². The summed E-state index contributed by atoms with van der Waals surface area (Å²) in [5.74, 6) is -2.76. The number of nitrogens with zero attached hydrogens (tertiary/aromatic N) is 1. The highest BCUT2D eigenvalue weighted by atomic mass is 79.9. The van der Waals surface area contributed by atoms with E-state index in [4.69, 9.17) is 9.90 Å². The van der Waals surface area contributed by atoms with Crippen molar-refractivity contribution in [3.63, 3.8) is 0 Å². The van der Waals surface area contributed by atoms with Gasteiger partial charge >= 0.3 is 12.1 Å². The normalized spacial score (nSPS) is 11.0. The minimum atomic E-state index is -5.08. The predicted molar refractivity (Wildman–Crippen MR) is 82.9 cm³/mol. The first-order valence-corrected chi connectivity index (χ1v) is 7.05. The number of H-pyrrole nitrogens is 1. The van der Waals surface area contributed by atoms with E-state index < -0.39 is 12.1 Å². The van der Waals surface area contributed by atoms with Crippen LogP contribution in [0.2, 0.25) is 0 Å². The van der Waals surface area contributed by atoms with E-state index >= 15 is 0 Å². The molecule has 0 atom stereocenters. The summed E-state index contributed by atoms with van der Waals surface area (Å²) in [4.78, 5) is 16.4. The van der Waals surface area contributed by atoms with Gasteiger partial charge in [-0.3, -0.25) is 4.98 Å². The standard InChI is InChI=1S/C13H9BrN2.C2HF3O2/c14-11-5-10(7-15-8-11)13-6-9-3-1-2-4-12(9)16-13;3-2(4,5)1(6)7/h1-8,16H;(H,6,7). The van der Waals surface area contributed by atoms with Gasteiger partial charge in [0.05, 0.1) is 0 Å². The van der Waals surface area contributed by atoms with Gasteiger partial charge in [-0.05, 0) is 34.1 Å². The zero-order valence-corrected chi connectivity index (χ0v) is 13.0. The van der Waals surface area contributed by atoms with Crippen LogP contribution in [0, 0.1) is 0 Å². The number of aliphatic carboxylic acids is 1. The topological polar surface area (TPSA) is 66.0 Å². The van der Waals surface area contributed by atoms with Crippen LogP contribution in [0.3, 0.4) is 0 Å². The lowest BCUT2D eigenvalue weighted by atomic mass is 10.2. The molecule has 23 heavy (non-hydrogen) atoms. The summed E-state index contributed by atoms with van der Waals surface area (Å²) in [6, 6.07) is 12.4. The number of para-hydroxylation sites is 1. The van der Waals surface area contributed by atoms with Crippen molar-refractivity contribution >= 4 is 32.8 Å². The SMILES string of the molecule is Brc1cncc(-c2cc3ccccc3[nH]2)c1.O=C(O)C(F)(F)F. The second-order valence-corrected chi connectivity index (χ2v) is 5.38. The largest absolute Gasteiger partial charge is 0.490 e. The summed E-state index contributed by atoms with van der Waals surface area (Å²) in [5, 5.41) is 8.34. The minimum absolute atomic E-state index is 0.989. The van der Waals surface area contributed by atoms with Crippen LogP contribution < -0.4 is 0 Å². The molecule has 120 valence electrons. The van der Waals surface area contributed by atoms with Crippen LogP contribution in [0.4, 0.5) is 13.2 Å². The molecule has 8 heteroatoms. The molecule has 0 aliphatic heterocycles. The molecule has 0 saturated heterocycles. The van der Waals surface area contributed by atoms with Gasteiger partial charge in [0.15, 0.2) is 0 Å². The molecule has 2 heterocycles. The summed E-state index contributed by atoms with van der Waals surface area (Å²) in [5.41, 5.74) is 3.33. The van der Waals surface area contributed by atoms with E-state index in [-0.39, 0.29) is 0 Å². The zero-order chi connectivity index (χ0) is 17.0. The van der Waals surface area contributed by atoms with Crippen LogP contribution in [0.5, 0.6) is 0 Å². The molecule has 0 bridgehead atoms. The lowest BCUT2D eigenvalue weighted by molar-refractivity contribution is -0.192. The summed E-state index contributed by atoms with van der Waals surface area (Å²) >= 11 is 3.43. The van der Waals surface area contributed by atoms with Crippen LogP contribution in [-0.2, 0) is 4.79 Å². The molecular weight excluding hydrogens is 377 g/mol. The van der Waals surface area contributed by atoms with Crippen LogP contribution >= 0.6 is 15.9 Å². The maximum Gasteiger partial charge on any atom is 0.490 e. The van der Waals surface area contributed by atoms with E-state index in [0.717, 1.165) is 21.2 Å². The van der Waals surface area contributed by atoms with Crippen LogP contribution in [0.1, 0.15) is 0 Å². The van der Waals surface area contributed by atoms with Gasteiger partial charge in [-0.25, -0.2) is 4.79 Å². The maximum absolute atomic E-state index is 10.6. The first kappa shape index (κ1) is 17.0. The van der Waals surface area contributed by atoms with Crippen molar-refractivity contribution in [2.45, 2.75) is 6.18 Å². The Morgan fingerprint density at radius 1 is 1.17 bits per heavy atom. The summed E-state index contributed by atoms with van der Waals surface area (Å²) < 4.78 is 32.7. The van der Waals surface area contributed by atoms with Gasteiger partial charge in [0.1, 0.15) is 0 Å². The van der Waals surface area contributed by atoms with E-state index in [1.807, 2.05) is 18.3 Å². The van der Waals surface area contributed by atoms with Crippen LogP contribution in [0.25, 0.3) is 22.2 Å². The number of alkyl halides is 3. The fourth-order valence-electron chi connectivity index (χ4n) is 1.79. The number of nitrogens with one attached hydrogen (secondary N) is 1. The number of aromatic nitrogens is 2. The molecule has 2 aromatic heterocycles. The Balaban J connectivity index is 0.000000236. The van der Waals surface area contributed by atoms with Gasteiger partial charge in [-0.15, -0.1) is 0 Å². The molecule has 1 aromatic carbocycles. The fourth-order valence-corrected chi connectivity index (χ4v) is 2.15. The van der Waals surface area contributed by atoms with Gasteiger partial charge in [0, 0.05) is 39.0 Å². The van der Waals surface area contributed by atoms with Crippen molar-refractivity contribution in [3.8, 4) is 11.3 Å². The smallest absolute Gasteiger partial charge is 0.475 e. The highest BCUT2D eigenvalue weighted by molar-refractivity contribution is 9.10. The third-order valence-electron chi connectivity index (χ3n) is 2.79. The predicted octanol–water partition coefficient (Wildman–Crippen LogP) is 4.63. The molecule has 0 spiro atoms. The molecule has 0 saturated carbocycles. The lowest BCUT2D eigenvalue weighted by Crippen LogP contribution is -2.21. The summed E-state index contributed by atoms with van der Waals surface area (Å²) in [7, 11) is 0. The molecule has 0 radical (unpaired) electrons. The Hall–Kier alpha value is -2.35. The Kier molecular flexibility index (Phi) is 5.05. The quantitative estimate of drug-likeness (QED) is 0.640. The average molecular weight is 387 g/mol. The minimum Gasteiger partial charge on any atom is -0.475 e. The Labute approximate surface area is 137 Å². The number of benzene rings is 1. The average Bonchev–Trinajstić information content (AvgIpc) is 2.91. The molecule has 0 aliphatic carbocycles. The Morgan fingerprint density at radius 2 is 1.83 bits per heavy atom. The number of fused-ring (bicyclic) bond motifs is 1. The number of hydrogen-bond donors (Lipinski definition) is 2. The van der Waals surface area contributed by atoms with Gasteiger partial charge in [-0.1, -0.05) is 18.2 Å². The third-order valence-corrected chi connectivity index (χ3v) is 3.22. The number of halogens is 4. The Morgan fingerprint density at radius 3 is 2.39 bits per heavy atom. The molecule has 2 N–H and O–H groups in total. The van der Waals surface area contributed by atoms with Gasteiger partial charge in [0.2, 0.25) is 0 Å². The van der Waals surface area contributed by atoms with Crippen molar-refractivity contribution in [2.75, 3.05) is 0 Å². The molecule has 0 aliphatic rings. The van der Waals surface area contributed by atoms with Gasteiger partial charge in [-0.2, -0.15) is 13.2 Å². The van der Waals surface area contributed by atoms with Crippen LogP contribution in [-0.4, -0.2) is 27.2 Å². The third kappa shape index (κ3) is 4.56. The molecule has 0 amide bonds. The van der Waals surface area contributed by atoms with E-state index in [1.54, 1.807) is 6.20 Å². The van der Waals surface area contributed by atoms with E-state index in [1.165, 1.54) is 5.39 Å². The first-order valence-electron chi connectivity index (χ1n) is 6.26. The van der Waals surface area contributed by atoms with E-state index in [9.17, 15) is 13.2 Å². The van der Waals surface area contributed by atoms with Crippen molar-refractivity contribution in [1.82, 2.24) is 9.97 Å². The van der Waals surface area contributed by atoms with Crippen LogP contribution in [0.15, 0.2) is 53.3 Å². The molecule has 0 fully saturated rings. The highest BCUT2D eigenvalue weighted by Gasteiger charge is 2.38. The highest BCUT2D eigenvalue weighted by Crippen LogP contribution is 2.25. The van der Waals surface area contributed by atoms with Gasteiger partial charge < -0.3 is 10.1 Å². The molecule has 3 rings (SSSR count). The number of carbonyl (C=O) groups is 1. The number of pyridine rings is 1. The first-order chi connectivity index (χ1) is 10.8. The number of aromatic amines is 1. The number of rotatable bonds is 1. The van der Waals surface area contributed by atoms with Gasteiger partial charge in [0.25, 0.3) is 0 Å². The monoisotopic (exact) mass is 386 g/mol. The van der Waals surface area contributed by atoms with E-state index in [2.05, 4.69) is 50.2 Å². The second-order valence-electron chi connectivity index (χ2n) is 4.47. The molecule has 4 nitrogen and oxygen atoms in total. The molecule has 3 aromatic rings. The Bertz CT molecular complexity index is 798. The fraction of sp³-hybridized carbons (Fsp3) is 0.0667. The van der Waals surface area contributed by atoms with Crippen molar-refractivity contribution in [2.24, 2.45) is 0 Å². The number of carboxylic acids is 1. The summed E-state index contributed by atoms with van der Waals surface area (Å²) in [6.07, 6.45) is -1.44. The second kappa shape index (κ2) is 6.82. The lowest BCUT2D eigenvalue weighted by Gasteiger charge is -1.96. The zero-order valence-electron chi connectivity index (χ0n) is 11.4. The number of hydrogen-bond acceptors (Lipinski definition) is 2. The van der Waals surface area contributed by atoms with Crippen molar-refractivity contribution in [3.05, 3.63) is 53.3 Å². The number of carboxylic acid groups (broad SMARTS) is 1. The maximum atomic E-state index is 10.6. The molecular formula is C15H10BrF3N2O2.